The molecular formula is C22H23N5O2S2. The van der Waals surface area contributed by atoms with Gasteiger partial charge in [0.25, 0.3) is 0 Å². The van der Waals surface area contributed by atoms with E-state index in [4.69, 9.17) is 0 Å². The number of benzene rings is 2. The van der Waals surface area contributed by atoms with Gasteiger partial charge in [0, 0.05) is 18.7 Å². The molecule has 0 aliphatic heterocycles. The van der Waals surface area contributed by atoms with Crippen molar-refractivity contribution in [1.82, 2.24) is 24.5 Å². The van der Waals surface area contributed by atoms with Crippen LogP contribution in [0.2, 0.25) is 0 Å². The summed E-state index contributed by atoms with van der Waals surface area (Å²) in [6, 6.07) is 18.6. The number of nitrogens with zero attached hydrogens (tertiary/aromatic N) is 4. The molecule has 9 heteroatoms. The zero-order valence-corrected chi connectivity index (χ0v) is 18.9. The SMILES string of the molecule is Cc1ccc(C)c(CSc2ccc3nnc(CCNS(=O)(=O)c4ccccc4)n3n2)c1. The molecule has 4 aromatic rings. The summed E-state index contributed by atoms with van der Waals surface area (Å²) in [5.41, 5.74) is 4.42. The van der Waals surface area contributed by atoms with Gasteiger partial charge in [-0.05, 0) is 49.2 Å². The molecule has 0 spiro atoms. The molecule has 0 aliphatic carbocycles. The van der Waals surface area contributed by atoms with Crippen LogP contribution in [0.25, 0.3) is 5.65 Å². The lowest BCUT2D eigenvalue weighted by molar-refractivity contribution is 0.580. The van der Waals surface area contributed by atoms with E-state index in [1.807, 2.05) is 12.1 Å². The predicted octanol–water partition coefficient (Wildman–Crippen LogP) is 3.55. The van der Waals surface area contributed by atoms with Gasteiger partial charge in [-0.2, -0.15) is 9.61 Å². The van der Waals surface area contributed by atoms with Crippen LogP contribution in [0.5, 0.6) is 0 Å². The van der Waals surface area contributed by atoms with Crippen LogP contribution >= 0.6 is 11.8 Å². The van der Waals surface area contributed by atoms with E-state index in [-0.39, 0.29) is 11.4 Å². The first-order valence-electron chi connectivity index (χ1n) is 9.87. The lowest BCUT2D eigenvalue weighted by atomic mass is 10.1. The topological polar surface area (TPSA) is 89.2 Å². The highest BCUT2D eigenvalue weighted by Gasteiger charge is 2.14. The van der Waals surface area contributed by atoms with E-state index in [1.165, 1.54) is 16.7 Å². The number of sulfonamides is 1. The number of hydrogen-bond donors (Lipinski definition) is 1. The Balaban J connectivity index is 1.44. The Kier molecular flexibility index (Phi) is 6.35. The van der Waals surface area contributed by atoms with E-state index in [1.54, 1.807) is 46.6 Å². The van der Waals surface area contributed by atoms with E-state index in [0.29, 0.717) is 17.9 Å². The molecule has 4 rings (SSSR count). The maximum Gasteiger partial charge on any atom is 0.240 e. The van der Waals surface area contributed by atoms with Crippen LogP contribution in [-0.2, 0) is 22.2 Å². The van der Waals surface area contributed by atoms with Crippen LogP contribution < -0.4 is 4.72 Å². The molecule has 2 heterocycles. The molecule has 7 nitrogen and oxygen atoms in total. The van der Waals surface area contributed by atoms with Gasteiger partial charge in [0.05, 0.1) is 4.90 Å². The number of rotatable bonds is 8. The van der Waals surface area contributed by atoms with Gasteiger partial charge in [0.15, 0.2) is 11.5 Å². The van der Waals surface area contributed by atoms with Crippen LogP contribution in [-0.4, -0.2) is 34.8 Å². The summed E-state index contributed by atoms with van der Waals surface area (Å²) in [6.45, 7) is 4.41. The normalized spacial score (nSPS) is 11.8. The molecule has 1 N–H and O–H groups in total. The molecule has 0 unspecified atom stereocenters. The largest absolute Gasteiger partial charge is 0.240 e. The highest BCUT2D eigenvalue weighted by Crippen LogP contribution is 2.23. The van der Waals surface area contributed by atoms with Crippen LogP contribution in [0.15, 0.2) is 70.6 Å². The fourth-order valence-electron chi connectivity index (χ4n) is 3.14. The maximum atomic E-state index is 12.4. The van der Waals surface area contributed by atoms with Gasteiger partial charge in [-0.15, -0.1) is 10.2 Å². The molecule has 0 radical (unpaired) electrons. The van der Waals surface area contributed by atoms with E-state index < -0.39 is 10.0 Å². The van der Waals surface area contributed by atoms with Gasteiger partial charge in [-0.25, -0.2) is 13.1 Å². The quantitative estimate of drug-likeness (QED) is 0.411. The van der Waals surface area contributed by atoms with Crippen molar-refractivity contribution in [1.29, 1.82) is 0 Å². The van der Waals surface area contributed by atoms with Crippen molar-refractivity contribution >= 4 is 27.4 Å². The highest BCUT2D eigenvalue weighted by atomic mass is 32.2. The first kappa shape index (κ1) is 21.5. The average molecular weight is 454 g/mol. The van der Waals surface area contributed by atoms with Gasteiger partial charge >= 0.3 is 0 Å². The Hall–Kier alpha value is -2.75. The molecule has 0 bridgehead atoms. The second-order valence-electron chi connectivity index (χ2n) is 7.24. The lowest BCUT2D eigenvalue weighted by Gasteiger charge is -2.08. The molecule has 160 valence electrons. The number of nitrogens with one attached hydrogen (secondary N) is 1. The van der Waals surface area contributed by atoms with Gasteiger partial charge in [-0.3, -0.25) is 0 Å². The number of aryl methyl sites for hydroxylation is 2. The van der Waals surface area contributed by atoms with E-state index in [2.05, 4.69) is 52.1 Å². The molecule has 0 saturated carbocycles. The third-order valence-corrected chi connectivity index (χ3v) is 7.32. The summed E-state index contributed by atoms with van der Waals surface area (Å²) in [7, 11) is -3.55. The number of hydrogen-bond acceptors (Lipinski definition) is 6. The average Bonchev–Trinajstić information content (AvgIpc) is 3.17. The number of thioether (sulfide) groups is 1. The van der Waals surface area contributed by atoms with Crippen molar-refractivity contribution in [3.05, 3.63) is 83.2 Å². The summed E-state index contributed by atoms with van der Waals surface area (Å²) in [5.74, 6) is 1.43. The summed E-state index contributed by atoms with van der Waals surface area (Å²) in [4.78, 5) is 0.240. The molecule has 31 heavy (non-hydrogen) atoms. The van der Waals surface area contributed by atoms with Gasteiger partial charge in [0.1, 0.15) is 5.03 Å². The maximum absolute atomic E-state index is 12.4. The fourth-order valence-corrected chi connectivity index (χ4v) is 5.11. The van der Waals surface area contributed by atoms with Crippen molar-refractivity contribution in [2.24, 2.45) is 0 Å². The van der Waals surface area contributed by atoms with Gasteiger partial charge in [0.2, 0.25) is 10.0 Å². The Labute approximate surface area is 186 Å². The first-order chi connectivity index (χ1) is 14.9. The summed E-state index contributed by atoms with van der Waals surface area (Å²) < 4.78 is 29.0. The second-order valence-corrected chi connectivity index (χ2v) is 10.00. The van der Waals surface area contributed by atoms with Gasteiger partial charge in [-0.1, -0.05) is 53.7 Å². The predicted molar refractivity (Wildman–Crippen MR) is 122 cm³/mol. The summed E-state index contributed by atoms with van der Waals surface area (Å²) in [6.07, 6.45) is 0.380. The third-order valence-electron chi connectivity index (χ3n) is 4.88. The van der Waals surface area contributed by atoms with Crippen LogP contribution in [0.1, 0.15) is 22.5 Å². The minimum atomic E-state index is -3.55. The van der Waals surface area contributed by atoms with Gasteiger partial charge < -0.3 is 0 Å². The molecule has 0 aliphatic rings. The van der Waals surface area contributed by atoms with Crippen molar-refractivity contribution in [2.45, 2.75) is 35.9 Å². The van der Waals surface area contributed by atoms with Crippen LogP contribution in [0, 0.1) is 13.8 Å². The van der Waals surface area contributed by atoms with Crippen molar-refractivity contribution in [2.75, 3.05) is 6.54 Å². The fraction of sp³-hybridized carbons (Fsp3) is 0.227. The van der Waals surface area contributed by atoms with Crippen molar-refractivity contribution < 1.29 is 8.42 Å². The number of aromatic nitrogens is 4. The zero-order chi connectivity index (χ0) is 21.8. The lowest BCUT2D eigenvalue weighted by Crippen LogP contribution is -2.26. The zero-order valence-electron chi connectivity index (χ0n) is 17.3. The van der Waals surface area contributed by atoms with Crippen molar-refractivity contribution in [3.8, 4) is 0 Å². The summed E-state index contributed by atoms with van der Waals surface area (Å²) >= 11 is 1.65. The monoisotopic (exact) mass is 453 g/mol. The summed E-state index contributed by atoms with van der Waals surface area (Å²) in [5, 5.41) is 13.8. The smallest absolute Gasteiger partial charge is 0.211 e. The molecule has 0 amide bonds. The standard InChI is InChI=1S/C22H23N5O2S2/c1-16-8-9-17(2)18(14-16)15-30-22-11-10-20-24-25-21(27(20)26-22)12-13-23-31(28,29)19-6-4-3-5-7-19/h3-11,14,23H,12-13,15H2,1-2H3. The van der Waals surface area contributed by atoms with E-state index in [9.17, 15) is 8.42 Å². The second kappa shape index (κ2) is 9.17. The van der Waals surface area contributed by atoms with Crippen LogP contribution in [0.3, 0.4) is 0 Å². The Morgan fingerprint density at radius 1 is 1.00 bits per heavy atom. The van der Waals surface area contributed by atoms with E-state index >= 15 is 0 Å². The minimum Gasteiger partial charge on any atom is -0.211 e. The Bertz CT molecular complexity index is 1300. The molecular weight excluding hydrogens is 430 g/mol. The molecule has 0 fully saturated rings. The van der Waals surface area contributed by atoms with Crippen molar-refractivity contribution in [3.63, 3.8) is 0 Å². The third kappa shape index (κ3) is 5.12. The molecule has 2 aromatic carbocycles. The van der Waals surface area contributed by atoms with E-state index in [0.717, 1.165) is 10.8 Å². The highest BCUT2D eigenvalue weighted by molar-refractivity contribution is 7.98. The molecule has 2 aromatic heterocycles. The minimum absolute atomic E-state index is 0.208. The number of fused-ring (bicyclic) bond motifs is 1. The molecule has 0 atom stereocenters. The Morgan fingerprint density at radius 2 is 1.81 bits per heavy atom. The first-order valence-corrected chi connectivity index (χ1v) is 12.3. The van der Waals surface area contributed by atoms with Crippen LogP contribution in [0.4, 0.5) is 0 Å². The molecule has 0 saturated heterocycles. The Morgan fingerprint density at radius 3 is 2.61 bits per heavy atom.